The number of rotatable bonds is 7. The number of anilines is 1. The van der Waals surface area contributed by atoms with Crippen molar-refractivity contribution in [3.8, 4) is 0 Å². The van der Waals surface area contributed by atoms with Crippen LogP contribution in [0.3, 0.4) is 0 Å². The van der Waals surface area contributed by atoms with E-state index in [2.05, 4.69) is 15.2 Å². The molecular formula is C23H28ClF3N4O. The molecule has 2 heterocycles. The smallest absolute Gasteiger partial charge is 0.355 e. The van der Waals surface area contributed by atoms with Gasteiger partial charge >= 0.3 is 6.18 Å². The van der Waals surface area contributed by atoms with Crippen LogP contribution in [0.2, 0.25) is 5.02 Å². The van der Waals surface area contributed by atoms with Crippen molar-refractivity contribution in [2.45, 2.75) is 31.5 Å². The lowest BCUT2D eigenvalue weighted by atomic mass is 9.95. The molecule has 0 aliphatic carbocycles. The number of benzene rings is 1. The Morgan fingerprint density at radius 2 is 1.91 bits per heavy atom. The third kappa shape index (κ3) is 6.59. The first-order valence-electron chi connectivity index (χ1n) is 10.6. The molecule has 3 rings (SSSR count). The lowest BCUT2D eigenvalue weighted by Crippen LogP contribution is -2.48. The molecular weight excluding hydrogens is 441 g/mol. The second-order valence-corrected chi connectivity index (χ2v) is 8.85. The zero-order valence-electron chi connectivity index (χ0n) is 18.2. The number of piperidine rings is 1. The maximum Gasteiger partial charge on any atom is 0.417 e. The van der Waals surface area contributed by atoms with E-state index in [1.165, 1.54) is 0 Å². The molecule has 1 N–H and O–H groups in total. The van der Waals surface area contributed by atoms with Crippen LogP contribution in [-0.4, -0.2) is 55.6 Å². The minimum atomic E-state index is -4.48. The van der Waals surface area contributed by atoms with Crippen LogP contribution in [0.25, 0.3) is 0 Å². The summed E-state index contributed by atoms with van der Waals surface area (Å²) in [5, 5.41) is 3.16. The number of amides is 1. The Hall–Kier alpha value is -2.32. The number of hydrogen-bond donors (Lipinski definition) is 1. The molecule has 0 bridgehead atoms. The van der Waals surface area contributed by atoms with Crippen molar-refractivity contribution in [3.05, 3.63) is 58.7 Å². The Labute approximate surface area is 191 Å². The summed E-state index contributed by atoms with van der Waals surface area (Å²) in [5.74, 6) is 0.187. The predicted octanol–water partition coefficient (Wildman–Crippen LogP) is 4.26. The molecule has 1 aliphatic rings. The van der Waals surface area contributed by atoms with Gasteiger partial charge in [-0.3, -0.25) is 4.79 Å². The number of carbonyl (C=O) groups excluding carboxylic acids is 1. The maximum absolute atomic E-state index is 12.9. The number of hydrogen-bond acceptors (Lipinski definition) is 4. The summed E-state index contributed by atoms with van der Waals surface area (Å²) in [6.45, 7) is 1.74. The van der Waals surface area contributed by atoms with Gasteiger partial charge in [-0.25, -0.2) is 4.98 Å². The summed E-state index contributed by atoms with van der Waals surface area (Å²) in [7, 11) is 3.95. The molecule has 1 aromatic carbocycles. The number of aromatic nitrogens is 1. The highest BCUT2D eigenvalue weighted by atomic mass is 35.5. The third-order valence-corrected chi connectivity index (χ3v) is 5.85. The van der Waals surface area contributed by atoms with Gasteiger partial charge in [0, 0.05) is 37.8 Å². The van der Waals surface area contributed by atoms with Gasteiger partial charge in [-0.1, -0.05) is 41.9 Å². The second kappa shape index (κ2) is 10.5. The van der Waals surface area contributed by atoms with Crippen molar-refractivity contribution >= 4 is 23.3 Å². The minimum Gasteiger partial charge on any atom is -0.355 e. The lowest BCUT2D eigenvalue weighted by Gasteiger charge is -2.33. The molecule has 9 heteroatoms. The van der Waals surface area contributed by atoms with Crippen molar-refractivity contribution in [1.29, 1.82) is 0 Å². The van der Waals surface area contributed by atoms with Gasteiger partial charge in [0.05, 0.1) is 10.6 Å². The number of pyridine rings is 1. The van der Waals surface area contributed by atoms with E-state index in [1.54, 1.807) is 0 Å². The first kappa shape index (κ1) is 24.3. The van der Waals surface area contributed by atoms with Crippen molar-refractivity contribution in [2.75, 3.05) is 38.6 Å². The first-order chi connectivity index (χ1) is 15.1. The van der Waals surface area contributed by atoms with Gasteiger partial charge in [0.1, 0.15) is 5.82 Å². The van der Waals surface area contributed by atoms with Crippen LogP contribution in [0.5, 0.6) is 0 Å². The van der Waals surface area contributed by atoms with E-state index >= 15 is 0 Å². The fourth-order valence-corrected chi connectivity index (χ4v) is 4.28. The average molecular weight is 469 g/mol. The average Bonchev–Trinajstić information content (AvgIpc) is 2.73. The Morgan fingerprint density at radius 3 is 2.47 bits per heavy atom. The van der Waals surface area contributed by atoms with Gasteiger partial charge in [0.2, 0.25) is 5.91 Å². The summed E-state index contributed by atoms with van der Waals surface area (Å²) in [6.07, 6.45) is -1.76. The van der Waals surface area contributed by atoms with E-state index < -0.39 is 11.7 Å². The van der Waals surface area contributed by atoms with E-state index in [0.717, 1.165) is 30.8 Å². The first-order valence-corrected chi connectivity index (χ1v) is 11.0. The summed E-state index contributed by atoms with van der Waals surface area (Å²) >= 11 is 6.07. The minimum absolute atomic E-state index is 0.0102. The highest BCUT2D eigenvalue weighted by molar-refractivity contribution is 6.33. The molecule has 1 saturated heterocycles. The van der Waals surface area contributed by atoms with E-state index in [0.29, 0.717) is 31.7 Å². The number of alkyl halides is 3. The summed E-state index contributed by atoms with van der Waals surface area (Å²) in [4.78, 5) is 20.8. The molecule has 2 aromatic rings. The van der Waals surface area contributed by atoms with Gasteiger partial charge in [-0.2, -0.15) is 13.2 Å². The Bertz CT molecular complexity index is 900. The highest BCUT2D eigenvalue weighted by Gasteiger charge is 2.33. The van der Waals surface area contributed by atoms with Gasteiger partial charge in [0.25, 0.3) is 0 Å². The van der Waals surface area contributed by atoms with Gasteiger partial charge in [-0.05, 0) is 45.0 Å². The zero-order chi connectivity index (χ0) is 23.3. The Kier molecular flexibility index (Phi) is 8.00. The van der Waals surface area contributed by atoms with E-state index in [-0.39, 0.29) is 22.9 Å². The van der Waals surface area contributed by atoms with Crippen LogP contribution < -0.4 is 10.2 Å². The van der Waals surface area contributed by atoms with Crippen molar-refractivity contribution < 1.29 is 18.0 Å². The molecule has 1 aromatic heterocycles. The number of nitrogens with one attached hydrogen (secondary N) is 1. The summed E-state index contributed by atoms with van der Waals surface area (Å²) in [5.41, 5.74) is 0.295. The number of carbonyl (C=O) groups is 1. The van der Waals surface area contributed by atoms with Crippen LogP contribution in [-0.2, 0) is 17.4 Å². The summed E-state index contributed by atoms with van der Waals surface area (Å²) in [6, 6.07) is 10.9. The lowest BCUT2D eigenvalue weighted by molar-refractivity contribution is -0.137. The van der Waals surface area contributed by atoms with Crippen LogP contribution >= 0.6 is 11.6 Å². The zero-order valence-corrected chi connectivity index (χ0v) is 19.0. The number of likely N-dealkylation sites (N-methyl/N-ethyl adjacent to an activating group) is 1. The largest absolute Gasteiger partial charge is 0.417 e. The number of nitrogens with zero attached hydrogens (tertiary/aromatic N) is 3. The third-order valence-electron chi connectivity index (χ3n) is 5.57. The van der Waals surface area contributed by atoms with Crippen molar-refractivity contribution in [3.63, 3.8) is 0 Å². The molecule has 1 aliphatic heterocycles. The van der Waals surface area contributed by atoms with Crippen LogP contribution in [0.4, 0.5) is 19.0 Å². The van der Waals surface area contributed by atoms with Crippen LogP contribution in [0.1, 0.15) is 24.0 Å². The molecule has 0 radical (unpaired) electrons. The molecule has 1 unspecified atom stereocenters. The SMILES string of the molecule is CN(C)CC(Cc1ccccc1)NC(=O)C1CCN(c2ncc(C(F)(F)F)cc2Cl)CC1. The van der Waals surface area contributed by atoms with Crippen LogP contribution in [0, 0.1) is 5.92 Å². The quantitative estimate of drug-likeness (QED) is 0.659. The van der Waals surface area contributed by atoms with E-state index in [9.17, 15) is 18.0 Å². The van der Waals surface area contributed by atoms with Crippen molar-refractivity contribution in [1.82, 2.24) is 15.2 Å². The maximum atomic E-state index is 12.9. The van der Waals surface area contributed by atoms with E-state index in [4.69, 9.17) is 11.6 Å². The molecule has 0 saturated carbocycles. The normalized spacial score (nSPS) is 16.3. The second-order valence-electron chi connectivity index (χ2n) is 8.45. The molecule has 1 amide bonds. The van der Waals surface area contributed by atoms with Gasteiger partial charge < -0.3 is 15.1 Å². The molecule has 5 nitrogen and oxygen atoms in total. The molecule has 174 valence electrons. The molecule has 32 heavy (non-hydrogen) atoms. The predicted molar refractivity (Wildman–Crippen MR) is 120 cm³/mol. The molecule has 1 fully saturated rings. The molecule has 1 atom stereocenters. The number of halogens is 4. The fourth-order valence-electron chi connectivity index (χ4n) is 3.99. The topological polar surface area (TPSA) is 48.5 Å². The Balaban J connectivity index is 1.58. The summed E-state index contributed by atoms with van der Waals surface area (Å²) < 4.78 is 38.5. The fraction of sp³-hybridized carbons (Fsp3) is 0.478. The van der Waals surface area contributed by atoms with Crippen molar-refractivity contribution in [2.24, 2.45) is 5.92 Å². The van der Waals surface area contributed by atoms with E-state index in [1.807, 2.05) is 49.3 Å². The monoisotopic (exact) mass is 468 g/mol. The molecule has 0 spiro atoms. The van der Waals surface area contributed by atoms with Gasteiger partial charge in [-0.15, -0.1) is 0 Å². The van der Waals surface area contributed by atoms with Crippen LogP contribution in [0.15, 0.2) is 42.6 Å². The van der Waals surface area contributed by atoms with Gasteiger partial charge in [0.15, 0.2) is 0 Å². The highest BCUT2D eigenvalue weighted by Crippen LogP contribution is 2.34. The standard InChI is InChI=1S/C23H28ClF3N4O/c1-30(2)15-19(12-16-6-4-3-5-7-16)29-22(32)17-8-10-31(11-9-17)21-20(24)13-18(14-28-21)23(25,26)27/h3-7,13-14,17,19H,8-12,15H2,1-2H3,(H,29,32). The Morgan fingerprint density at radius 1 is 1.25 bits per heavy atom.